The van der Waals surface area contributed by atoms with Crippen LogP contribution >= 0.6 is 22.9 Å². The topological polar surface area (TPSA) is 12.9 Å². The molecule has 4 heteroatoms. The first kappa shape index (κ1) is 12.3. The standard InChI is InChI=1S/C15H9ClFNS/c16-11-7-5-10(6-8-11)15-14(18-9-19-15)12-3-1-2-4-13(12)17/h1-9H. The van der Waals surface area contributed by atoms with Crippen molar-refractivity contribution in [3.8, 4) is 21.7 Å². The summed E-state index contributed by atoms with van der Waals surface area (Å²) in [6, 6.07) is 14.1. The predicted molar refractivity (Wildman–Crippen MR) is 78.0 cm³/mol. The third-order valence-corrected chi connectivity index (χ3v) is 3.93. The number of aromatic nitrogens is 1. The molecule has 2 aromatic carbocycles. The summed E-state index contributed by atoms with van der Waals surface area (Å²) < 4.78 is 13.9. The van der Waals surface area contributed by atoms with Crippen molar-refractivity contribution in [3.63, 3.8) is 0 Å². The summed E-state index contributed by atoms with van der Waals surface area (Å²) in [6.45, 7) is 0. The van der Waals surface area contributed by atoms with Crippen molar-refractivity contribution in [3.05, 3.63) is 64.9 Å². The van der Waals surface area contributed by atoms with Gasteiger partial charge in [-0.1, -0.05) is 35.9 Å². The van der Waals surface area contributed by atoms with Crippen molar-refractivity contribution in [1.29, 1.82) is 0 Å². The van der Waals surface area contributed by atoms with Crippen LogP contribution in [0.2, 0.25) is 5.02 Å². The summed E-state index contributed by atoms with van der Waals surface area (Å²) in [5, 5.41) is 0.681. The monoisotopic (exact) mass is 289 g/mol. The van der Waals surface area contributed by atoms with E-state index in [-0.39, 0.29) is 5.82 Å². The van der Waals surface area contributed by atoms with Crippen LogP contribution in [0.1, 0.15) is 0 Å². The number of rotatable bonds is 2. The van der Waals surface area contributed by atoms with Gasteiger partial charge in [-0.2, -0.15) is 0 Å². The van der Waals surface area contributed by atoms with Gasteiger partial charge in [0.25, 0.3) is 0 Å². The fourth-order valence-corrected chi connectivity index (χ4v) is 2.83. The lowest BCUT2D eigenvalue weighted by Gasteiger charge is -2.04. The van der Waals surface area contributed by atoms with Gasteiger partial charge in [0.2, 0.25) is 0 Å². The van der Waals surface area contributed by atoms with Crippen LogP contribution in [0.4, 0.5) is 4.39 Å². The summed E-state index contributed by atoms with van der Waals surface area (Å²) in [5.41, 5.74) is 3.91. The van der Waals surface area contributed by atoms with E-state index in [0.29, 0.717) is 16.3 Å². The van der Waals surface area contributed by atoms with Crippen LogP contribution in [-0.2, 0) is 0 Å². The van der Waals surface area contributed by atoms with Gasteiger partial charge >= 0.3 is 0 Å². The Morgan fingerprint density at radius 1 is 1.00 bits per heavy atom. The van der Waals surface area contributed by atoms with E-state index >= 15 is 0 Å². The molecule has 0 fully saturated rings. The van der Waals surface area contributed by atoms with Crippen molar-refractivity contribution in [2.45, 2.75) is 0 Å². The SMILES string of the molecule is Fc1ccccc1-c1ncsc1-c1ccc(Cl)cc1. The van der Waals surface area contributed by atoms with Gasteiger partial charge in [-0.3, -0.25) is 0 Å². The number of thiazole rings is 1. The first-order valence-corrected chi connectivity index (χ1v) is 6.96. The zero-order chi connectivity index (χ0) is 13.2. The Kier molecular flexibility index (Phi) is 3.32. The highest BCUT2D eigenvalue weighted by atomic mass is 35.5. The van der Waals surface area contributed by atoms with Crippen LogP contribution in [0.5, 0.6) is 0 Å². The number of benzene rings is 2. The largest absolute Gasteiger partial charge is 0.244 e. The lowest BCUT2D eigenvalue weighted by molar-refractivity contribution is 0.631. The molecule has 0 unspecified atom stereocenters. The molecule has 19 heavy (non-hydrogen) atoms. The van der Waals surface area contributed by atoms with Gasteiger partial charge in [-0.05, 0) is 29.8 Å². The molecule has 0 atom stereocenters. The number of nitrogens with zero attached hydrogens (tertiary/aromatic N) is 1. The lowest BCUT2D eigenvalue weighted by atomic mass is 10.1. The Bertz CT molecular complexity index is 706. The second-order valence-electron chi connectivity index (χ2n) is 4.02. The molecule has 1 nitrogen and oxygen atoms in total. The normalized spacial score (nSPS) is 10.6. The zero-order valence-corrected chi connectivity index (χ0v) is 11.4. The van der Waals surface area contributed by atoms with E-state index in [0.717, 1.165) is 10.4 Å². The molecule has 0 saturated heterocycles. The molecule has 0 amide bonds. The fraction of sp³-hybridized carbons (Fsp3) is 0. The highest BCUT2D eigenvalue weighted by Gasteiger charge is 2.13. The fourth-order valence-electron chi connectivity index (χ4n) is 1.90. The molecule has 94 valence electrons. The van der Waals surface area contributed by atoms with Crippen LogP contribution in [-0.4, -0.2) is 4.98 Å². The number of hydrogen-bond donors (Lipinski definition) is 0. The van der Waals surface area contributed by atoms with E-state index < -0.39 is 0 Å². The molecule has 0 aliphatic carbocycles. The molecule has 3 rings (SSSR count). The van der Waals surface area contributed by atoms with Crippen molar-refractivity contribution >= 4 is 22.9 Å². The second-order valence-corrected chi connectivity index (χ2v) is 5.31. The maximum Gasteiger partial charge on any atom is 0.132 e. The third-order valence-electron chi connectivity index (χ3n) is 2.80. The summed E-state index contributed by atoms with van der Waals surface area (Å²) in [4.78, 5) is 5.24. The van der Waals surface area contributed by atoms with Crippen molar-refractivity contribution in [1.82, 2.24) is 4.98 Å². The average molecular weight is 290 g/mol. The van der Waals surface area contributed by atoms with Gasteiger partial charge in [0, 0.05) is 10.6 Å². The summed E-state index contributed by atoms with van der Waals surface area (Å²) in [6.07, 6.45) is 0. The van der Waals surface area contributed by atoms with Gasteiger partial charge in [0.1, 0.15) is 5.82 Å². The zero-order valence-electron chi connectivity index (χ0n) is 9.81. The van der Waals surface area contributed by atoms with Crippen LogP contribution < -0.4 is 0 Å². The minimum absolute atomic E-state index is 0.261. The molecular weight excluding hydrogens is 281 g/mol. The Morgan fingerprint density at radius 2 is 1.74 bits per heavy atom. The molecule has 0 saturated carbocycles. The van der Waals surface area contributed by atoms with E-state index in [1.165, 1.54) is 17.4 Å². The average Bonchev–Trinajstić information content (AvgIpc) is 2.89. The first-order chi connectivity index (χ1) is 9.25. The minimum Gasteiger partial charge on any atom is -0.244 e. The number of hydrogen-bond acceptors (Lipinski definition) is 2. The summed E-state index contributed by atoms with van der Waals surface area (Å²) in [5.74, 6) is -0.261. The summed E-state index contributed by atoms with van der Waals surface area (Å²) >= 11 is 7.37. The molecule has 0 radical (unpaired) electrons. The van der Waals surface area contributed by atoms with Gasteiger partial charge in [-0.25, -0.2) is 9.37 Å². The van der Waals surface area contributed by atoms with E-state index in [2.05, 4.69) is 4.98 Å². The third kappa shape index (κ3) is 2.39. The Hall–Kier alpha value is -1.71. The maximum atomic E-state index is 13.9. The lowest BCUT2D eigenvalue weighted by Crippen LogP contribution is -1.86. The van der Waals surface area contributed by atoms with Gasteiger partial charge in [-0.15, -0.1) is 11.3 Å². The summed E-state index contributed by atoms with van der Waals surface area (Å²) in [7, 11) is 0. The van der Waals surface area contributed by atoms with E-state index in [1.54, 1.807) is 17.6 Å². The van der Waals surface area contributed by atoms with E-state index in [4.69, 9.17) is 11.6 Å². The molecule has 1 heterocycles. The number of halogens is 2. The molecule has 0 bridgehead atoms. The van der Waals surface area contributed by atoms with Gasteiger partial charge in [0.15, 0.2) is 0 Å². The molecule has 0 N–H and O–H groups in total. The van der Waals surface area contributed by atoms with E-state index in [9.17, 15) is 4.39 Å². The molecule has 3 aromatic rings. The maximum absolute atomic E-state index is 13.9. The van der Waals surface area contributed by atoms with Crippen LogP contribution in [0.3, 0.4) is 0 Å². The molecule has 0 aliphatic heterocycles. The van der Waals surface area contributed by atoms with Crippen LogP contribution in [0.15, 0.2) is 54.0 Å². The quantitative estimate of drug-likeness (QED) is 0.626. The van der Waals surface area contributed by atoms with Crippen molar-refractivity contribution < 1.29 is 4.39 Å². The molecule has 0 spiro atoms. The smallest absolute Gasteiger partial charge is 0.132 e. The van der Waals surface area contributed by atoms with Crippen LogP contribution in [0.25, 0.3) is 21.7 Å². The highest BCUT2D eigenvalue weighted by Crippen LogP contribution is 2.35. The predicted octanol–water partition coefficient (Wildman–Crippen LogP) is 5.27. The van der Waals surface area contributed by atoms with Crippen molar-refractivity contribution in [2.75, 3.05) is 0 Å². The second kappa shape index (κ2) is 5.11. The minimum atomic E-state index is -0.261. The first-order valence-electron chi connectivity index (χ1n) is 5.70. The van der Waals surface area contributed by atoms with Crippen LogP contribution in [0, 0.1) is 5.82 Å². The van der Waals surface area contributed by atoms with E-state index in [1.807, 2.05) is 30.3 Å². The van der Waals surface area contributed by atoms with Gasteiger partial charge < -0.3 is 0 Å². The van der Waals surface area contributed by atoms with Crippen molar-refractivity contribution in [2.24, 2.45) is 0 Å². The Labute approximate surface area is 119 Å². The molecular formula is C15H9ClFNS. The van der Waals surface area contributed by atoms with Gasteiger partial charge in [0.05, 0.1) is 16.1 Å². The highest BCUT2D eigenvalue weighted by molar-refractivity contribution is 7.13. The Balaban J connectivity index is 2.13. The Morgan fingerprint density at radius 3 is 2.47 bits per heavy atom. The molecule has 0 aliphatic rings. The molecule has 1 aromatic heterocycles.